The van der Waals surface area contributed by atoms with Gasteiger partial charge in [-0.05, 0) is 17.7 Å². The van der Waals surface area contributed by atoms with Gasteiger partial charge in [0.2, 0.25) is 0 Å². The summed E-state index contributed by atoms with van der Waals surface area (Å²) in [5.41, 5.74) is -0.340. The van der Waals surface area contributed by atoms with E-state index in [-0.39, 0.29) is 12.0 Å². The third-order valence-electron chi connectivity index (χ3n) is 2.99. The molecule has 1 aliphatic heterocycles. The lowest BCUT2D eigenvalue weighted by Crippen LogP contribution is -2.35. The number of fused-ring (bicyclic) bond motifs is 1. The monoisotopic (exact) mass is 245 g/mol. The molecule has 0 radical (unpaired) electrons. The van der Waals surface area contributed by atoms with E-state index in [0.717, 1.165) is 6.07 Å². The highest BCUT2D eigenvalue weighted by Crippen LogP contribution is 2.40. The van der Waals surface area contributed by atoms with E-state index in [0.29, 0.717) is 5.69 Å². The maximum atomic E-state index is 12.7. The number of benzene rings is 1. The fraction of sp³-hybridized carbons (Fsp3) is 0.364. The number of carboxylic acids is 1. The summed E-state index contributed by atoms with van der Waals surface area (Å²) in [7, 11) is 1.49. The number of carboxylic acid groups (broad SMARTS) is 1. The minimum atomic E-state index is -4.44. The van der Waals surface area contributed by atoms with E-state index in [1.54, 1.807) is 0 Å². The van der Waals surface area contributed by atoms with Gasteiger partial charge in [-0.25, -0.2) is 4.79 Å². The largest absolute Gasteiger partial charge is 0.480 e. The second-order valence-corrected chi connectivity index (χ2v) is 3.97. The summed E-state index contributed by atoms with van der Waals surface area (Å²) in [5, 5.41) is 8.93. The van der Waals surface area contributed by atoms with Gasteiger partial charge in [-0.1, -0.05) is 6.07 Å². The van der Waals surface area contributed by atoms with E-state index in [2.05, 4.69) is 0 Å². The van der Waals surface area contributed by atoms with Crippen molar-refractivity contribution in [3.05, 3.63) is 29.3 Å². The van der Waals surface area contributed by atoms with E-state index in [4.69, 9.17) is 5.11 Å². The first-order chi connectivity index (χ1) is 7.82. The molecule has 1 N–H and O–H groups in total. The highest BCUT2D eigenvalue weighted by Gasteiger charge is 2.40. The zero-order chi connectivity index (χ0) is 12.8. The molecule has 0 saturated carbocycles. The first-order valence-corrected chi connectivity index (χ1v) is 4.97. The van der Waals surface area contributed by atoms with Crippen LogP contribution in [0.2, 0.25) is 0 Å². The van der Waals surface area contributed by atoms with Crippen molar-refractivity contribution in [3.63, 3.8) is 0 Å². The number of rotatable bonds is 1. The van der Waals surface area contributed by atoms with Crippen molar-refractivity contribution in [1.29, 1.82) is 0 Å². The Hall–Kier alpha value is -1.72. The Labute approximate surface area is 95.5 Å². The van der Waals surface area contributed by atoms with E-state index in [9.17, 15) is 18.0 Å². The second-order valence-electron chi connectivity index (χ2n) is 3.97. The number of alkyl halides is 3. The van der Waals surface area contributed by atoms with Gasteiger partial charge in [-0.2, -0.15) is 13.2 Å². The van der Waals surface area contributed by atoms with Crippen molar-refractivity contribution < 1.29 is 23.1 Å². The molecule has 1 aliphatic rings. The molecule has 1 aromatic carbocycles. The van der Waals surface area contributed by atoms with Crippen LogP contribution in [0, 0.1) is 0 Å². The van der Waals surface area contributed by atoms with Gasteiger partial charge in [0.1, 0.15) is 6.04 Å². The summed E-state index contributed by atoms with van der Waals surface area (Å²) in [6, 6.07) is 2.86. The van der Waals surface area contributed by atoms with E-state index < -0.39 is 23.8 Å². The number of likely N-dealkylation sites (N-methyl/N-ethyl adjacent to an activating group) is 1. The minimum absolute atomic E-state index is 0.0647. The van der Waals surface area contributed by atoms with Gasteiger partial charge in [0.25, 0.3) is 0 Å². The first-order valence-electron chi connectivity index (χ1n) is 4.97. The molecule has 1 heterocycles. The van der Waals surface area contributed by atoms with Crippen molar-refractivity contribution in [2.75, 3.05) is 11.9 Å². The van der Waals surface area contributed by atoms with Gasteiger partial charge in [0.15, 0.2) is 0 Å². The molecule has 0 spiro atoms. The summed E-state index contributed by atoms with van der Waals surface area (Å²) in [6.45, 7) is 0. The lowest BCUT2D eigenvalue weighted by atomic mass is 10.0. The van der Waals surface area contributed by atoms with Gasteiger partial charge >= 0.3 is 12.1 Å². The van der Waals surface area contributed by atoms with Crippen LogP contribution in [0.15, 0.2) is 18.2 Å². The lowest BCUT2D eigenvalue weighted by Gasteiger charge is -2.18. The molecule has 0 aliphatic carbocycles. The molecule has 1 atom stereocenters. The van der Waals surface area contributed by atoms with Gasteiger partial charge in [0, 0.05) is 19.2 Å². The highest BCUT2D eigenvalue weighted by molar-refractivity contribution is 5.82. The van der Waals surface area contributed by atoms with Crippen LogP contribution in [0.1, 0.15) is 11.1 Å². The Balaban J connectivity index is 2.51. The SMILES string of the molecule is CN1c2cccc(C(F)(F)F)c2CC1C(=O)O. The van der Waals surface area contributed by atoms with Crippen LogP contribution in [-0.4, -0.2) is 24.2 Å². The Morgan fingerprint density at radius 3 is 2.65 bits per heavy atom. The maximum Gasteiger partial charge on any atom is 0.416 e. The average Bonchev–Trinajstić information content (AvgIpc) is 2.55. The van der Waals surface area contributed by atoms with Gasteiger partial charge in [0.05, 0.1) is 5.56 Å². The normalized spacial score (nSPS) is 19.3. The topological polar surface area (TPSA) is 40.5 Å². The summed E-state index contributed by atoms with van der Waals surface area (Å²) in [4.78, 5) is 12.3. The molecule has 0 fully saturated rings. The standard InChI is InChI=1S/C11H10F3NO2/c1-15-8-4-2-3-7(11(12,13)14)6(8)5-9(15)10(16)17/h2-4,9H,5H2,1H3,(H,16,17). The molecule has 1 aromatic rings. The quantitative estimate of drug-likeness (QED) is 0.824. The van der Waals surface area contributed by atoms with Gasteiger partial charge in [-0.15, -0.1) is 0 Å². The third-order valence-corrected chi connectivity index (χ3v) is 2.99. The molecule has 0 amide bonds. The molecule has 92 valence electrons. The number of carbonyl (C=O) groups is 1. The van der Waals surface area contributed by atoms with Crippen LogP contribution in [0.4, 0.5) is 18.9 Å². The summed E-state index contributed by atoms with van der Waals surface area (Å²) >= 11 is 0. The van der Waals surface area contributed by atoms with Crippen LogP contribution in [0.5, 0.6) is 0 Å². The summed E-state index contributed by atoms with van der Waals surface area (Å²) < 4.78 is 38.2. The van der Waals surface area contributed by atoms with E-state index >= 15 is 0 Å². The second kappa shape index (κ2) is 3.65. The fourth-order valence-electron chi connectivity index (χ4n) is 2.14. The highest BCUT2D eigenvalue weighted by atomic mass is 19.4. The molecule has 3 nitrogen and oxygen atoms in total. The molecular formula is C11H10F3NO2. The molecule has 0 aromatic heterocycles. The molecule has 0 saturated heterocycles. The predicted molar refractivity (Wildman–Crippen MR) is 55.0 cm³/mol. The van der Waals surface area contributed by atoms with E-state index in [1.807, 2.05) is 0 Å². The van der Waals surface area contributed by atoms with Crippen LogP contribution in [0.25, 0.3) is 0 Å². The zero-order valence-corrected chi connectivity index (χ0v) is 8.95. The van der Waals surface area contributed by atoms with Crippen LogP contribution in [0.3, 0.4) is 0 Å². The van der Waals surface area contributed by atoms with Crippen molar-refractivity contribution in [1.82, 2.24) is 0 Å². The van der Waals surface area contributed by atoms with Gasteiger partial charge < -0.3 is 10.0 Å². The fourth-order valence-corrected chi connectivity index (χ4v) is 2.14. The average molecular weight is 245 g/mol. The molecule has 17 heavy (non-hydrogen) atoms. The predicted octanol–water partition coefficient (Wildman–Crippen LogP) is 2.15. The summed E-state index contributed by atoms with van der Waals surface area (Å²) in [6.07, 6.45) is -4.56. The Kier molecular flexibility index (Phi) is 2.52. The minimum Gasteiger partial charge on any atom is -0.480 e. The Morgan fingerprint density at radius 2 is 2.12 bits per heavy atom. The molecule has 0 bridgehead atoms. The van der Waals surface area contributed by atoms with Crippen molar-refractivity contribution >= 4 is 11.7 Å². The van der Waals surface area contributed by atoms with Crippen molar-refractivity contribution in [2.24, 2.45) is 0 Å². The third kappa shape index (κ3) is 1.83. The number of hydrogen-bond donors (Lipinski definition) is 1. The van der Waals surface area contributed by atoms with Crippen LogP contribution >= 0.6 is 0 Å². The maximum absolute atomic E-state index is 12.7. The number of hydrogen-bond acceptors (Lipinski definition) is 2. The summed E-state index contributed by atoms with van der Waals surface area (Å²) in [5.74, 6) is -1.11. The Morgan fingerprint density at radius 1 is 1.47 bits per heavy atom. The smallest absolute Gasteiger partial charge is 0.416 e. The molecule has 1 unspecified atom stereocenters. The van der Waals surface area contributed by atoms with Crippen molar-refractivity contribution in [3.8, 4) is 0 Å². The van der Waals surface area contributed by atoms with Crippen LogP contribution in [-0.2, 0) is 17.4 Å². The van der Waals surface area contributed by atoms with E-state index in [1.165, 1.54) is 24.1 Å². The lowest BCUT2D eigenvalue weighted by molar-refractivity contribution is -0.140. The first kappa shape index (κ1) is 11.8. The number of nitrogens with zero attached hydrogens (tertiary/aromatic N) is 1. The Bertz CT molecular complexity index is 470. The number of anilines is 1. The zero-order valence-electron chi connectivity index (χ0n) is 8.95. The number of halogens is 3. The molecule has 6 heteroatoms. The molecular weight excluding hydrogens is 235 g/mol. The number of aliphatic carboxylic acids is 1. The molecule has 2 rings (SSSR count). The van der Waals surface area contributed by atoms with Gasteiger partial charge in [-0.3, -0.25) is 0 Å². The van der Waals surface area contributed by atoms with Crippen LogP contribution < -0.4 is 4.90 Å². The van der Waals surface area contributed by atoms with Crippen molar-refractivity contribution in [2.45, 2.75) is 18.6 Å².